The maximum absolute atomic E-state index is 13.1. The molecule has 1 saturated heterocycles. The molecule has 3 rings (SSSR count). The molecule has 1 amide bonds. The number of Topliss-reactive ketones (excluding diaryl/α,β-unsaturated/α-hetero) is 1. The molecule has 164 valence electrons. The molecular weight excluding hydrogens is 392 g/mol. The number of nitrogens with zero attached hydrogens (tertiary/aromatic N) is 2. The average Bonchev–Trinajstić information content (AvgIpc) is 2.99. The zero-order valence-electron chi connectivity index (χ0n) is 18.8. The Labute approximate surface area is 183 Å². The summed E-state index contributed by atoms with van der Waals surface area (Å²) in [6.07, 6.45) is 0.712. The van der Waals surface area contributed by atoms with Crippen LogP contribution in [0.3, 0.4) is 0 Å². The first-order chi connectivity index (χ1) is 14.7. The molecule has 2 aromatic carbocycles. The third kappa shape index (κ3) is 4.64. The van der Waals surface area contributed by atoms with Crippen molar-refractivity contribution in [2.45, 2.75) is 26.3 Å². The Morgan fingerprint density at radius 2 is 1.87 bits per heavy atom. The largest absolute Gasteiger partial charge is 0.507 e. The zero-order valence-corrected chi connectivity index (χ0v) is 18.8. The maximum atomic E-state index is 13.1. The molecule has 0 aliphatic carbocycles. The summed E-state index contributed by atoms with van der Waals surface area (Å²) in [5.41, 5.74) is 3.22. The molecule has 1 N–H and O–H groups in total. The standard InChI is InChI=1S/C25H30N2O4/c1-16-10-11-17(2)20(14-16)23(28)21-22(18-8-6-9-19(15-18)31-5)27(25(30)24(21)29)13-7-12-26(3)4/h6,8-11,14-15,22,28H,7,12-13H2,1-5H3. The second-order valence-electron chi connectivity index (χ2n) is 8.24. The number of rotatable bonds is 7. The van der Waals surface area contributed by atoms with Crippen molar-refractivity contribution in [3.8, 4) is 5.75 Å². The van der Waals surface area contributed by atoms with Gasteiger partial charge < -0.3 is 19.6 Å². The molecule has 0 saturated carbocycles. The van der Waals surface area contributed by atoms with Gasteiger partial charge in [-0.15, -0.1) is 0 Å². The molecule has 1 heterocycles. The number of hydrogen-bond donors (Lipinski definition) is 1. The number of aryl methyl sites for hydroxylation is 2. The molecule has 1 aliphatic heterocycles. The second-order valence-corrected chi connectivity index (χ2v) is 8.24. The summed E-state index contributed by atoms with van der Waals surface area (Å²) in [6.45, 7) is 5.00. The number of hydrogen-bond acceptors (Lipinski definition) is 5. The van der Waals surface area contributed by atoms with Gasteiger partial charge in [0.05, 0.1) is 18.7 Å². The smallest absolute Gasteiger partial charge is 0.295 e. The van der Waals surface area contributed by atoms with Crippen LogP contribution in [0.15, 0.2) is 48.0 Å². The second kappa shape index (κ2) is 9.35. The molecular formula is C25H30N2O4. The van der Waals surface area contributed by atoms with Crippen molar-refractivity contribution in [3.63, 3.8) is 0 Å². The lowest BCUT2D eigenvalue weighted by molar-refractivity contribution is -0.139. The number of benzene rings is 2. The van der Waals surface area contributed by atoms with Gasteiger partial charge in [-0.05, 0) is 70.2 Å². The number of ether oxygens (including phenoxy) is 1. The molecule has 0 radical (unpaired) electrons. The molecule has 6 heteroatoms. The van der Waals surface area contributed by atoms with Crippen molar-refractivity contribution in [1.29, 1.82) is 0 Å². The Bertz CT molecular complexity index is 1030. The van der Waals surface area contributed by atoms with Crippen LogP contribution in [-0.4, -0.2) is 60.9 Å². The van der Waals surface area contributed by atoms with Crippen LogP contribution in [0.4, 0.5) is 0 Å². The Kier molecular flexibility index (Phi) is 6.81. The van der Waals surface area contributed by atoms with Crippen LogP contribution in [0.1, 0.15) is 34.7 Å². The molecule has 1 aliphatic rings. The Hall–Kier alpha value is -3.12. The lowest BCUT2D eigenvalue weighted by Crippen LogP contribution is -2.32. The fourth-order valence-corrected chi connectivity index (χ4v) is 3.96. The van der Waals surface area contributed by atoms with Crippen molar-refractivity contribution in [2.24, 2.45) is 0 Å². The van der Waals surface area contributed by atoms with Gasteiger partial charge in [-0.2, -0.15) is 0 Å². The lowest BCUT2D eigenvalue weighted by atomic mass is 9.93. The summed E-state index contributed by atoms with van der Waals surface area (Å²) in [7, 11) is 5.51. The summed E-state index contributed by atoms with van der Waals surface area (Å²) in [6, 6.07) is 12.3. The quantitative estimate of drug-likeness (QED) is 0.419. The number of aliphatic hydroxyl groups is 1. The van der Waals surface area contributed by atoms with Crippen LogP contribution in [-0.2, 0) is 9.59 Å². The Morgan fingerprint density at radius 1 is 1.13 bits per heavy atom. The van der Waals surface area contributed by atoms with Gasteiger partial charge >= 0.3 is 0 Å². The zero-order chi connectivity index (χ0) is 22.7. The third-order valence-corrected chi connectivity index (χ3v) is 5.60. The van der Waals surface area contributed by atoms with E-state index in [0.29, 0.717) is 24.3 Å². The first kappa shape index (κ1) is 22.6. The van der Waals surface area contributed by atoms with E-state index in [0.717, 1.165) is 23.2 Å². The van der Waals surface area contributed by atoms with Crippen LogP contribution in [0.2, 0.25) is 0 Å². The highest BCUT2D eigenvalue weighted by molar-refractivity contribution is 6.46. The Balaban J connectivity index is 2.15. The highest BCUT2D eigenvalue weighted by Crippen LogP contribution is 2.40. The molecule has 1 unspecified atom stereocenters. The van der Waals surface area contributed by atoms with E-state index in [1.54, 1.807) is 12.0 Å². The van der Waals surface area contributed by atoms with E-state index in [9.17, 15) is 14.7 Å². The Morgan fingerprint density at radius 3 is 2.55 bits per heavy atom. The van der Waals surface area contributed by atoms with Gasteiger partial charge in [0.15, 0.2) is 0 Å². The molecule has 2 aromatic rings. The van der Waals surface area contributed by atoms with Gasteiger partial charge in [-0.1, -0.05) is 29.8 Å². The summed E-state index contributed by atoms with van der Waals surface area (Å²) >= 11 is 0. The number of ketones is 1. The summed E-state index contributed by atoms with van der Waals surface area (Å²) in [5, 5.41) is 11.2. The van der Waals surface area contributed by atoms with Gasteiger partial charge in [0.25, 0.3) is 11.7 Å². The van der Waals surface area contributed by atoms with Gasteiger partial charge in [0, 0.05) is 12.1 Å². The minimum absolute atomic E-state index is 0.122. The minimum atomic E-state index is -0.669. The minimum Gasteiger partial charge on any atom is -0.507 e. The van der Waals surface area contributed by atoms with Crippen LogP contribution in [0, 0.1) is 13.8 Å². The highest BCUT2D eigenvalue weighted by atomic mass is 16.5. The fraction of sp³-hybridized carbons (Fsp3) is 0.360. The number of likely N-dealkylation sites (tertiary alicyclic amines) is 1. The summed E-state index contributed by atoms with van der Waals surface area (Å²) < 4.78 is 5.36. The molecule has 1 fully saturated rings. The molecule has 0 bridgehead atoms. The van der Waals surface area contributed by atoms with Gasteiger partial charge in [0.1, 0.15) is 11.5 Å². The molecule has 31 heavy (non-hydrogen) atoms. The van der Waals surface area contributed by atoms with Crippen molar-refractivity contribution >= 4 is 17.4 Å². The SMILES string of the molecule is COc1cccc(C2C(=C(O)c3cc(C)ccc3C)C(=O)C(=O)N2CCCN(C)C)c1. The number of methoxy groups -OCH3 is 1. The topological polar surface area (TPSA) is 70.1 Å². The molecule has 0 spiro atoms. The molecule has 1 atom stereocenters. The lowest BCUT2D eigenvalue weighted by Gasteiger charge is -2.26. The fourth-order valence-electron chi connectivity index (χ4n) is 3.96. The number of amides is 1. The number of carbonyl (C=O) groups is 2. The highest BCUT2D eigenvalue weighted by Gasteiger charge is 2.46. The van der Waals surface area contributed by atoms with Crippen LogP contribution < -0.4 is 4.74 Å². The average molecular weight is 423 g/mol. The third-order valence-electron chi connectivity index (χ3n) is 5.60. The van der Waals surface area contributed by atoms with E-state index in [-0.39, 0.29) is 11.3 Å². The van der Waals surface area contributed by atoms with E-state index < -0.39 is 17.7 Å². The monoisotopic (exact) mass is 422 g/mol. The van der Waals surface area contributed by atoms with E-state index in [4.69, 9.17) is 4.74 Å². The number of carbonyl (C=O) groups excluding carboxylic acids is 2. The van der Waals surface area contributed by atoms with Crippen molar-refractivity contribution in [1.82, 2.24) is 9.80 Å². The summed E-state index contributed by atoms with van der Waals surface area (Å²) in [5.74, 6) is -0.750. The van der Waals surface area contributed by atoms with E-state index in [1.165, 1.54) is 0 Å². The van der Waals surface area contributed by atoms with E-state index in [1.807, 2.05) is 75.3 Å². The first-order valence-corrected chi connectivity index (χ1v) is 10.4. The van der Waals surface area contributed by atoms with E-state index in [2.05, 4.69) is 0 Å². The first-order valence-electron chi connectivity index (χ1n) is 10.4. The molecule has 6 nitrogen and oxygen atoms in total. The predicted octanol–water partition coefficient (Wildman–Crippen LogP) is 3.69. The van der Waals surface area contributed by atoms with Crippen molar-refractivity contribution in [2.75, 3.05) is 34.3 Å². The van der Waals surface area contributed by atoms with Crippen LogP contribution >= 0.6 is 0 Å². The van der Waals surface area contributed by atoms with Crippen molar-refractivity contribution < 1.29 is 19.4 Å². The van der Waals surface area contributed by atoms with Gasteiger partial charge in [-0.25, -0.2) is 0 Å². The van der Waals surface area contributed by atoms with Crippen LogP contribution in [0.25, 0.3) is 5.76 Å². The number of aliphatic hydroxyl groups excluding tert-OH is 1. The normalized spacial score (nSPS) is 18.1. The molecule has 0 aromatic heterocycles. The van der Waals surface area contributed by atoms with Crippen LogP contribution in [0.5, 0.6) is 5.75 Å². The van der Waals surface area contributed by atoms with E-state index >= 15 is 0 Å². The van der Waals surface area contributed by atoms with Gasteiger partial charge in [0.2, 0.25) is 0 Å². The summed E-state index contributed by atoms with van der Waals surface area (Å²) in [4.78, 5) is 29.7. The van der Waals surface area contributed by atoms with Crippen molar-refractivity contribution in [3.05, 3.63) is 70.3 Å². The van der Waals surface area contributed by atoms with Gasteiger partial charge in [-0.3, -0.25) is 9.59 Å². The predicted molar refractivity (Wildman–Crippen MR) is 121 cm³/mol. The maximum Gasteiger partial charge on any atom is 0.295 e.